The average Bonchev–Trinajstić information content (AvgIpc) is 1.91. The van der Waals surface area contributed by atoms with E-state index >= 15 is 0 Å². The Hall–Kier alpha value is 0.240. The molecule has 1 fully saturated rings. The zero-order chi connectivity index (χ0) is 5.28. The topological polar surface area (TPSA) is 3.24 Å². The molecule has 0 amide bonds. The third kappa shape index (κ3) is 1.07. The quantitative estimate of drug-likeness (QED) is 0.391. The first kappa shape index (κ1) is 5.38. The van der Waals surface area contributed by atoms with Crippen LogP contribution in [-0.2, 0) is 0 Å². The Labute approximate surface area is 54.2 Å². The van der Waals surface area contributed by atoms with Crippen molar-refractivity contribution in [3.05, 3.63) is 0 Å². The molecule has 0 aromatic rings. The Kier molecular flexibility index (Phi) is 1.54. The monoisotopic (exact) mass is 133 g/mol. The molecule has 0 aromatic carbocycles. The van der Waals surface area contributed by atoms with Crippen molar-refractivity contribution >= 4 is 30.0 Å². The highest BCUT2D eigenvalue weighted by Gasteiger charge is 2.11. The summed E-state index contributed by atoms with van der Waals surface area (Å²) in [6, 6.07) is 0. The summed E-state index contributed by atoms with van der Waals surface area (Å²) >= 11 is 8.97. The Bertz CT molecular complexity index is 91.7. The minimum Gasteiger partial charge on any atom is -0.313 e. The molecule has 1 heterocycles. The number of hydrogen-bond acceptors (Lipinski definition) is 2. The molecule has 1 rings (SSSR count). The Balaban J connectivity index is 2.48. The van der Waals surface area contributed by atoms with Gasteiger partial charge in [0, 0.05) is 13.0 Å². The van der Waals surface area contributed by atoms with Crippen LogP contribution in [0, 0.1) is 0 Å². The first-order valence-corrected chi connectivity index (χ1v) is 3.11. The van der Waals surface area contributed by atoms with Crippen molar-refractivity contribution in [3.8, 4) is 0 Å². The molecule has 0 aromatic heterocycles. The molecule has 0 aliphatic carbocycles. The highest BCUT2D eigenvalue weighted by molar-refractivity contribution is 7.84. The highest BCUT2D eigenvalue weighted by Crippen LogP contribution is 2.12. The lowest BCUT2D eigenvalue weighted by Gasteiger charge is -2.04. The number of hydrogen-bond donors (Lipinski definition) is 1. The lowest BCUT2D eigenvalue weighted by Crippen LogP contribution is -2.09. The molecule has 0 N–H and O–H groups in total. The minimum atomic E-state index is 0.989. The highest BCUT2D eigenvalue weighted by atomic mass is 32.1. The predicted octanol–water partition coefficient (Wildman–Crippen LogP) is 1.25. The summed E-state index contributed by atoms with van der Waals surface area (Å²) in [6.45, 7) is 1.03. The van der Waals surface area contributed by atoms with Crippen LogP contribution in [0.15, 0.2) is 0 Å². The Morgan fingerprint density at radius 3 is 2.57 bits per heavy atom. The first-order chi connectivity index (χ1) is 3.30. The molecule has 0 unspecified atom stereocenters. The third-order valence-electron chi connectivity index (χ3n) is 1.05. The van der Waals surface area contributed by atoms with Crippen LogP contribution in [0.25, 0.3) is 0 Å². The summed E-state index contributed by atoms with van der Waals surface area (Å²) in [6.07, 6.45) is 2.24. The normalized spacial score (nSPS) is 21.3. The van der Waals surface area contributed by atoms with Crippen LogP contribution in [-0.4, -0.2) is 15.8 Å². The molecule has 1 saturated heterocycles. The number of thiocarbonyl (C=S) groups is 1. The van der Waals surface area contributed by atoms with Gasteiger partial charge in [-0.1, -0.05) is 25.0 Å². The predicted molar refractivity (Wildman–Crippen MR) is 37.5 cm³/mol. The van der Waals surface area contributed by atoms with E-state index in [1.54, 1.807) is 0 Å². The first-order valence-electron chi connectivity index (χ1n) is 2.30. The van der Waals surface area contributed by atoms with Crippen LogP contribution in [0.4, 0.5) is 0 Å². The van der Waals surface area contributed by atoms with Crippen molar-refractivity contribution in [2.45, 2.75) is 12.8 Å². The van der Waals surface area contributed by atoms with E-state index in [1.165, 1.54) is 6.42 Å². The lowest BCUT2D eigenvalue weighted by molar-refractivity contribution is 0.736. The van der Waals surface area contributed by atoms with E-state index in [1.807, 2.05) is 4.31 Å². The average molecular weight is 133 g/mol. The molecule has 0 bridgehead atoms. The summed E-state index contributed by atoms with van der Waals surface area (Å²) in [5.74, 6) is 0. The van der Waals surface area contributed by atoms with Gasteiger partial charge in [-0.3, -0.25) is 0 Å². The van der Waals surface area contributed by atoms with Crippen LogP contribution in [0.3, 0.4) is 0 Å². The van der Waals surface area contributed by atoms with E-state index in [9.17, 15) is 0 Å². The number of rotatable bonds is 0. The summed E-state index contributed by atoms with van der Waals surface area (Å²) in [7, 11) is 0. The molecule has 0 saturated carbocycles. The molecule has 1 aliphatic heterocycles. The van der Waals surface area contributed by atoms with Gasteiger partial charge in [-0.25, -0.2) is 0 Å². The van der Waals surface area contributed by atoms with E-state index in [0.717, 1.165) is 18.0 Å². The van der Waals surface area contributed by atoms with Crippen LogP contribution >= 0.6 is 25.0 Å². The van der Waals surface area contributed by atoms with E-state index in [2.05, 4.69) is 12.8 Å². The SMILES string of the molecule is S=C1CCCN1S. The van der Waals surface area contributed by atoms with E-state index < -0.39 is 0 Å². The Morgan fingerprint density at radius 1 is 1.71 bits per heavy atom. The zero-order valence-corrected chi connectivity index (χ0v) is 5.63. The van der Waals surface area contributed by atoms with E-state index in [0.29, 0.717) is 0 Å². The molecule has 0 atom stereocenters. The fraction of sp³-hybridized carbons (Fsp3) is 0.750. The van der Waals surface area contributed by atoms with Crippen molar-refractivity contribution in [1.82, 2.24) is 4.31 Å². The maximum Gasteiger partial charge on any atom is 0.0877 e. The van der Waals surface area contributed by atoms with Crippen LogP contribution < -0.4 is 0 Å². The summed E-state index contributed by atoms with van der Waals surface area (Å²) in [5.41, 5.74) is 0. The smallest absolute Gasteiger partial charge is 0.0877 e. The summed E-state index contributed by atoms with van der Waals surface area (Å²) in [4.78, 5) is 0.989. The van der Waals surface area contributed by atoms with Crippen LogP contribution in [0.1, 0.15) is 12.8 Å². The molecular weight excluding hydrogens is 126 g/mol. The van der Waals surface area contributed by atoms with Gasteiger partial charge in [-0.2, -0.15) is 0 Å². The van der Waals surface area contributed by atoms with Crippen molar-refractivity contribution in [1.29, 1.82) is 0 Å². The van der Waals surface area contributed by atoms with Gasteiger partial charge in [0.2, 0.25) is 0 Å². The molecule has 1 nitrogen and oxygen atoms in total. The number of thiol groups is 1. The zero-order valence-electron chi connectivity index (χ0n) is 3.92. The maximum absolute atomic E-state index is 4.89. The summed E-state index contributed by atoms with van der Waals surface area (Å²) < 4.78 is 1.83. The van der Waals surface area contributed by atoms with E-state index in [4.69, 9.17) is 12.2 Å². The van der Waals surface area contributed by atoms with Gasteiger partial charge < -0.3 is 4.31 Å². The van der Waals surface area contributed by atoms with Gasteiger partial charge in [0.05, 0.1) is 4.99 Å². The fourth-order valence-electron chi connectivity index (χ4n) is 0.634. The fourth-order valence-corrected chi connectivity index (χ4v) is 1.11. The Morgan fingerprint density at radius 2 is 2.43 bits per heavy atom. The summed E-state index contributed by atoms with van der Waals surface area (Å²) in [5, 5.41) is 0. The molecule has 40 valence electrons. The van der Waals surface area contributed by atoms with Crippen LogP contribution in [0.5, 0.6) is 0 Å². The molecule has 1 aliphatic rings. The lowest BCUT2D eigenvalue weighted by atomic mass is 10.4. The van der Waals surface area contributed by atoms with Gasteiger partial charge in [0.15, 0.2) is 0 Å². The third-order valence-corrected chi connectivity index (χ3v) is 2.05. The van der Waals surface area contributed by atoms with Gasteiger partial charge in [-0.15, -0.1) is 0 Å². The van der Waals surface area contributed by atoms with Crippen molar-refractivity contribution in [2.24, 2.45) is 0 Å². The molecule has 0 spiro atoms. The van der Waals surface area contributed by atoms with Crippen molar-refractivity contribution in [3.63, 3.8) is 0 Å². The van der Waals surface area contributed by atoms with Crippen molar-refractivity contribution < 1.29 is 0 Å². The van der Waals surface area contributed by atoms with Gasteiger partial charge >= 0.3 is 0 Å². The largest absolute Gasteiger partial charge is 0.313 e. The van der Waals surface area contributed by atoms with Crippen LogP contribution in [0.2, 0.25) is 0 Å². The molecule has 0 radical (unpaired) electrons. The molecule has 7 heavy (non-hydrogen) atoms. The second-order valence-electron chi connectivity index (χ2n) is 1.62. The van der Waals surface area contributed by atoms with Crippen molar-refractivity contribution in [2.75, 3.05) is 6.54 Å². The standard InChI is InChI=1S/C4H7NS2/c6-4-2-1-3-5(4)7/h7H,1-3H2. The second kappa shape index (κ2) is 2.01. The minimum absolute atomic E-state index is 0.989. The second-order valence-corrected chi connectivity index (χ2v) is 2.57. The van der Waals surface area contributed by atoms with Gasteiger partial charge in [0.25, 0.3) is 0 Å². The van der Waals surface area contributed by atoms with Gasteiger partial charge in [-0.05, 0) is 6.42 Å². The van der Waals surface area contributed by atoms with Gasteiger partial charge in [0.1, 0.15) is 0 Å². The molecular formula is C4H7NS2. The number of nitrogens with zero attached hydrogens (tertiary/aromatic N) is 1. The van der Waals surface area contributed by atoms with E-state index in [-0.39, 0.29) is 0 Å². The molecule has 3 heteroatoms. The maximum atomic E-state index is 4.89.